The van der Waals surface area contributed by atoms with Crippen molar-refractivity contribution in [2.45, 2.75) is 26.8 Å². The van der Waals surface area contributed by atoms with Gasteiger partial charge in [0.15, 0.2) is 0 Å². The minimum atomic E-state index is -0.701. The molecule has 2 aromatic rings. The Morgan fingerprint density at radius 1 is 1.24 bits per heavy atom. The first kappa shape index (κ1) is 14.8. The Labute approximate surface area is 122 Å². The molecule has 1 aromatic heterocycles. The number of aryl methyl sites for hydroxylation is 2. The molecule has 1 heterocycles. The SMILES string of the molecule is Cc1cc(C)n(-c2ccc(C(=O)NC(C)C(N)=O)cc2)n1. The maximum absolute atomic E-state index is 11.9. The highest BCUT2D eigenvalue weighted by Gasteiger charge is 2.13. The third kappa shape index (κ3) is 3.28. The van der Waals surface area contributed by atoms with Gasteiger partial charge >= 0.3 is 0 Å². The zero-order chi connectivity index (χ0) is 15.6. The zero-order valence-corrected chi connectivity index (χ0v) is 12.3. The van der Waals surface area contributed by atoms with E-state index in [1.807, 2.05) is 36.7 Å². The van der Waals surface area contributed by atoms with Gasteiger partial charge in [-0.1, -0.05) is 0 Å². The predicted octanol–water partition coefficient (Wildman–Crippen LogP) is 1.09. The summed E-state index contributed by atoms with van der Waals surface area (Å²) >= 11 is 0. The second kappa shape index (κ2) is 5.78. The number of benzene rings is 1. The van der Waals surface area contributed by atoms with Gasteiger partial charge in [-0.15, -0.1) is 0 Å². The largest absolute Gasteiger partial charge is 0.368 e. The fourth-order valence-corrected chi connectivity index (χ4v) is 2.00. The summed E-state index contributed by atoms with van der Waals surface area (Å²) in [6, 6.07) is 8.28. The van der Waals surface area contributed by atoms with E-state index in [9.17, 15) is 9.59 Å². The van der Waals surface area contributed by atoms with Gasteiger partial charge in [-0.3, -0.25) is 9.59 Å². The van der Waals surface area contributed by atoms with Crippen LogP contribution < -0.4 is 11.1 Å². The van der Waals surface area contributed by atoms with Crippen LogP contribution in [0.4, 0.5) is 0 Å². The van der Waals surface area contributed by atoms with E-state index >= 15 is 0 Å². The standard InChI is InChI=1S/C15H18N4O2/c1-9-8-10(2)19(18-9)13-6-4-12(5-7-13)15(21)17-11(3)14(16)20/h4-8,11H,1-3H3,(H2,16,20)(H,17,21). The normalized spacial score (nSPS) is 12.0. The summed E-state index contributed by atoms with van der Waals surface area (Å²) in [7, 11) is 0. The van der Waals surface area contributed by atoms with E-state index in [0.29, 0.717) is 5.56 Å². The van der Waals surface area contributed by atoms with Crippen LogP contribution in [0.15, 0.2) is 30.3 Å². The van der Waals surface area contributed by atoms with Crippen molar-refractivity contribution in [1.82, 2.24) is 15.1 Å². The maximum Gasteiger partial charge on any atom is 0.251 e. The number of hydrogen-bond donors (Lipinski definition) is 2. The first-order valence-corrected chi connectivity index (χ1v) is 6.62. The van der Waals surface area contributed by atoms with Gasteiger partial charge in [0.05, 0.1) is 11.4 Å². The van der Waals surface area contributed by atoms with Crippen LogP contribution in [0.25, 0.3) is 5.69 Å². The Balaban J connectivity index is 2.17. The topological polar surface area (TPSA) is 90.0 Å². The molecule has 0 saturated heterocycles. The minimum Gasteiger partial charge on any atom is -0.368 e. The second-order valence-electron chi connectivity index (χ2n) is 4.98. The average Bonchev–Trinajstić information content (AvgIpc) is 2.77. The van der Waals surface area contributed by atoms with Crippen LogP contribution >= 0.6 is 0 Å². The van der Waals surface area contributed by atoms with Crippen molar-refractivity contribution < 1.29 is 9.59 Å². The van der Waals surface area contributed by atoms with Crippen LogP contribution in [0.1, 0.15) is 28.7 Å². The molecule has 0 saturated carbocycles. The molecule has 2 rings (SSSR count). The van der Waals surface area contributed by atoms with Crippen molar-refractivity contribution in [2.75, 3.05) is 0 Å². The number of carbonyl (C=O) groups is 2. The molecule has 0 aliphatic carbocycles. The second-order valence-corrected chi connectivity index (χ2v) is 4.98. The molecule has 0 aliphatic heterocycles. The molecule has 110 valence electrons. The van der Waals surface area contributed by atoms with Crippen molar-refractivity contribution in [3.63, 3.8) is 0 Å². The number of rotatable bonds is 4. The van der Waals surface area contributed by atoms with Crippen LogP contribution in [-0.4, -0.2) is 27.6 Å². The third-order valence-electron chi connectivity index (χ3n) is 3.16. The number of nitrogens with two attached hydrogens (primary N) is 1. The lowest BCUT2D eigenvalue weighted by molar-refractivity contribution is -0.119. The van der Waals surface area contributed by atoms with Gasteiger partial charge in [0.1, 0.15) is 6.04 Å². The lowest BCUT2D eigenvalue weighted by atomic mass is 10.2. The number of carbonyl (C=O) groups excluding carboxylic acids is 2. The molecule has 0 bridgehead atoms. The summed E-state index contributed by atoms with van der Waals surface area (Å²) in [4.78, 5) is 22.9. The van der Waals surface area contributed by atoms with Crippen molar-refractivity contribution >= 4 is 11.8 Å². The van der Waals surface area contributed by atoms with Crippen LogP contribution in [0.2, 0.25) is 0 Å². The minimum absolute atomic E-state index is 0.332. The molecule has 1 unspecified atom stereocenters. The van der Waals surface area contributed by atoms with Crippen molar-refractivity contribution in [1.29, 1.82) is 0 Å². The summed E-state index contributed by atoms with van der Waals surface area (Å²) in [6.07, 6.45) is 0. The molecule has 0 aliphatic rings. The Bertz CT molecular complexity index is 673. The van der Waals surface area contributed by atoms with Crippen molar-refractivity contribution in [2.24, 2.45) is 5.73 Å². The summed E-state index contributed by atoms with van der Waals surface area (Å²) in [5.74, 6) is -0.899. The first-order valence-electron chi connectivity index (χ1n) is 6.62. The molecule has 3 N–H and O–H groups in total. The smallest absolute Gasteiger partial charge is 0.251 e. The predicted molar refractivity (Wildman–Crippen MR) is 79.2 cm³/mol. The van der Waals surface area contributed by atoms with Gasteiger partial charge in [0, 0.05) is 11.3 Å². The van der Waals surface area contributed by atoms with Crippen LogP contribution in [0.3, 0.4) is 0 Å². The number of primary amides is 1. The highest BCUT2D eigenvalue weighted by atomic mass is 16.2. The fraction of sp³-hybridized carbons (Fsp3) is 0.267. The van der Waals surface area contributed by atoms with E-state index in [4.69, 9.17) is 5.73 Å². The molecule has 1 atom stereocenters. The van der Waals surface area contributed by atoms with Gasteiger partial charge in [0.25, 0.3) is 5.91 Å². The van der Waals surface area contributed by atoms with E-state index in [0.717, 1.165) is 17.1 Å². The monoisotopic (exact) mass is 286 g/mol. The Morgan fingerprint density at radius 2 is 1.86 bits per heavy atom. The van der Waals surface area contributed by atoms with Gasteiger partial charge in [-0.2, -0.15) is 5.10 Å². The van der Waals surface area contributed by atoms with Crippen molar-refractivity contribution in [3.05, 3.63) is 47.3 Å². The summed E-state index contributed by atoms with van der Waals surface area (Å²) < 4.78 is 1.81. The molecule has 21 heavy (non-hydrogen) atoms. The van der Waals surface area contributed by atoms with Gasteiger partial charge in [0.2, 0.25) is 5.91 Å². The number of hydrogen-bond acceptors (Lipinski definition) is 3. The molecule has 0 spiro atoms. The van der Waals surface area contributed by atoms with E-state index in [-0.39, 0.29) is 5.91 Å². The van der Waals surface area contributed by atoms with E-state index < -0.39 is 11.9 Å². The van der Waals surface area contributed by atoms with E-state index in [1.165, 1.54) is 0 Å². The van der Waals surface area contributed by atoms with Gasteiger partial charge in [-0.05, 0) is 51.1 Å². The van der Waals surface area contributed by atoms with Crippen molar-refractivity contribution in [3.8, 4) is 5.69 Å². The lowest BCUT2D eigenvalue weighted by Crippen LogP contribution is -2.42. The first-order chi connectivity index (χ1) is 9.88. The number of nitrogens with one attached hydrogen (secondary N) is 1. The Kier molecular flexibility index (Phi) is 4.07. The summed E-state index contributed by atoms with van der Waals surface area (Å²) in [6.45, 7) is 5.44. The highest BCUT2D eigenvalue weighted by molar-refractivity contribution is 5.97. The van der Waals surface area contributed by atoms with Crippen LogP contribution in [0, 0.1) is 13.8 Å². The molecular weight excluding hydrogens is 268 g/mol. The quantitative estimate of drug-likeness (QED) is 0.881. The Hall–Kier alpha value is -2.63. The van der Waals surface area contributed by atoms with Crippen LogP contribution in [0.5, 0.6) is 0 Å². The highest BCUT2D eigenvalue weighted by Crippen LogP contribution is 2.13. The average molecular weight is 286 g/mol. The lowest BCUT2D eigenvalue weighted by Gasteiger charge is -2.10. The van der Waals surface area contributed by atoms with Gasteiger partial charge in [-0.25, -0.2) is 4.68 Å². The maximum atomic E-state index is 11.9. The summed E-state index contributed by atoms with van der Waals surface area (Å²) in [5, 5.41) is 6.92. The number of amides is 2. The fourth-order valence-electron chi connectivity index (χ4n) is 2.00. The summed E-state index contributed by atoms with van der Waals surface area (Å²) in [5.41, 5.74) is 8.41. The Morgan fingerprint density at radius 3 is 2.33 bits per heavy atom. The molecule has 0 radical (unpaired) electrons. The molecule has 6 heteroatoms. The molecule has 0 fully saturated rings. The third-order valence-corrected chi connectivity index (χ3v) is 3.16. The van der Waals surface area contributed by atoms with Gasteiger partial charge < -0.3 is 11.1 Å². The van der Waals surface area contributed by atoms with Crippen LogP contribution in [-0.2, 0) is 4.79 Å². The zero-order valence-electron chi connectivity index (χ0n) is 12.3. The molecule has 6 nitrogen and oxygen atoms in total. The molecular formula is C15H18N4O2. The number of aromatic nitrogens is 2. The van der Waals surface area contributed by atoms with E-state index in [1.54, 1.807) is 19.1 Å². The molecule has 2 amide bonds. The molecule has 1 aromatic carbocycles. The van der Waals surface area contributed by atoms with E-state index in [2.05, 4.69) is 10.4 Å². The number of nitrogens with zero attached hydrogens (tertiary/aromatic N) is 2.